The molecule has 1 aliphatic rings. The lowest BCUT2D eigenvalue weighted by atomic mass is 9.95. The van der Waals surface area contributed by atoms with Crippen molar-refractivity contribution in [3.8, 4) is 5.69 Å². The normalized spacial score (nSPS) is 18.2. The maximum Gasteiger partial charge on any atom is 0.311 e. The van der Waals surface area contributed by atoms with Crippen LogP contribution in [0.5, 0.6) is 0 Å². The first-order valence-electron chi connectivity index (χ1n) is 8.68. The highest BCUT2D eigenvalue weighted by atomic mass is 35.5. The summed E-state index contributed by atoms with van der Waals surface area (Å²) in [4.78, 5) is 36.3. The van der Waals surface area contributed by atoms with E-state index in [0.29, 0.717) is 5.69 Å². The lowest BCUT2D eigenvalue weighted by Gasteiger charge is -2.20. The number of pyridine rings is 1. The van der Waals surface area contributed by atoms with Gasteiger partial charge < -0.3 is 10.1 Å². The molecule has 150 valence electrons. The summed E-state index contributed by atoms with van der Waals surface area (Å²) in [6, 6.07) is 10.7. The SMILES string of the molecule is CCOC(=O)[C@H]1CNC[C@@H]1C(=O)N(F)c1ccc(-n2ccccc2=O)cc1.Cl. The van der Waals surface area contributed by atoms with E-state index >= 15 is 0 Å². The van der Waals surface area contributed by atoms with Gasteiger partial charge in [-0.2, -0.15) is 0 Å². The highest BCUT2D eigenvalue weighted by Crippen LogP contribution is 2.25. The van der Waals surface area contributed by atoms with Crippen LogP contribution in [0.2, 0.25) is 0 Å². The van der Waals surface area contributed by atoms with Crippen LogP contribution in [-0.2, 0) is 14.3 Å². The van der Waals surface area contributed by atoms with Crippen LogP contribution in [0.25, 0.3) is 5.69 Å². The number of esters is 1. The molecule has 1 aliphatic heterocycles. The van der Waals surface area contributed by atoms with Gasteiger partial charge >= 0.3 is 5.97 Å². The van der Waals surface area contributed by atoms with Gasteiger partial charge in [-0.3, -0.25) is 19.0 Å². The molecule has 2 aromatic rings. The maximum atomic E-state index is 14.7. The molecule has 2 heterocycles. The summed E-state index contributed by atoms with van der Waals surface area (Å²) in [6.45, 7) is 2.37. The average Bonchev–Trinajstić information content (AvgIpc) is 3.17. The van der Waals surface area contributed by atoms with Gasteiger partial charge in [0.2, 0.25) is 0 Å². The number of benzene rings is 1. The van der Waals surface area contributed by atoms with Crippen LogP contribution in [0, 0.1) is 11.8 Å². The van der Waals surface area contributed by atoms with Crippen molar-refractivity contribution in [1.29, 1.82) is 0 Å². The van der Waals surface area contributed by atoms with Crippen LogP contribution in [0.1, 0.15) is 6.92 Å². The minimum absolute atomic E-state index is 0. The van der Waals surface area contributed by atoms with Gasteiger partial charge in [-0.05, 0) is 37.3 Å². The summed E-state index contributed by atoms with van der Waals surface area (Å²) in [5.41, 5.74) is 0.368. The predicted molar refractivity (Wildman–Crippen MR) is 104 cm³/mol. The second-order valence-electron chi connectivity index (χ2n) is 6.17. The van der Waals surface area contributed by atoms with E-state index in [-0.39, 0.29) is 48.5 Å². The molecule has 7 nitrogen and oxygen atoms in total. The van der Waals surface area contributed by atoms with Gasteiger partial charge in [0, 0.05) is 31.0 Å². The molecule has 28 heavy (non-hydrogen) atoms. The van der Waals surface area contributed by atoms with Crippen molar-refractivity contribution in [1.82, 2.24) is 9.88 Å². The highest BCUT2D eigenvalue weighted by Gasteiger charge is 2.41. The van der Waals surface area contributed by atoms with Crippen LogP contribution >= 0.6 is 12.4 Å². The lowest BCUT2D eigenvalue weighted by Crippen LogP contribution is -2.37. The van der Waals surface area contributed by atoms with E-state index < -0.39 is 23.7 Å². The Hall–Kier alpha value is -2.71. The molecule has 0 radical (unpaired) electrons. The topological polar surface area (TPSA) is 80.6 Å². The summed E-state index contributed by atoms with van der Waals surface area (Å²) >= 11 is 0. The number of anilines is 1. The first kappa shape index (κ1) is 21.6. The Balaban J connectivity index is 0.00000280. The highest BCUT2D eigenvalue weighted by molar-refractivity contribution is 5.96. The molecule has 9 heteroatoms. The number of carbonyl (C=O) groups excluding carboxylic acids is 2. The quantitative estimate of drug-likeness (QED) is 0.602. The fourth-order valence-corrected chi connectivity index (χ4v) is 3.09. The number of nitrogens with one attached hydrogen (secondary N) is 1. The number of aromatic nitrogens is 1. The second-order valence-corrected chi connectivity index (χ2v) is 6.17. The number of hydrogen-bond acceptors (Lipinski definition) is 5. The van der Waals surface area contributed by atoms with Crippen molar-refractivity contribution in [2.24, 2.45) is 11.8 Å². The first-order valence-corrected chi connectivity index (χ1v) is 8.68. The van der Waals surface area contributed by atoms with Gasteiger partial charge in [0.25, 0.3) is 11.5 Å². The molecule has 1 fully saturated rings. The maximum absolute atomic E-state index is 14.7. The molecular weight excluding hydrogens is 389 g/mol. The number of hydrogen-bond donors (Lipinski definition) is 1. The van der Waals surface area contributed by atoms with Crippen LogP contribution in [-0.4, -0.2) is 36.1 Å². The number of halogens is 2. The third-order valence-electron chi connectivity index (χ3n) is 4.49. The number of nitrogens with zero attached hydrogens (tertiary/aromatic N) is 2. The van der Waals surface area contributed by atoms with Gasteiger partial charge in [-0.15, -0.1) is 17.5 Å². The third kappa shape index (κ3) is 4.40. The molecule has 2 atom stereocenters. The first-order chi connectivity index (χ1) is 13.0. The Morgan fingerprint density at radius 1 is 1.18 bits per heavy atom. The largest absolute Gasteiger partial charge is 0.466 e. The Morgan fingerprint density at radius 3 is 2.50 bits per heavy atom. The van der Waals surface area contributed by atoms with Gasteiger partial charge in [-0.25, -0.2) is 0 Å². The summed E-state index contributed by atoms with van der Waals surface area (Å²) in [6.07, 6.45) is 1.60. The van der Waals surface area contributed by atoms with Crippen LogP contribution in [0.15, 0.2) is 53.5 Å². The summed E-state index contributed by atoms with van der Waals surface area (Å²) in [5.74, 6) is -2.85. The molecule has 0 unspecified atom stereocenters. The Kier molecular flexibility index (Phi) is 7.31. The molecule has 0 aliphatic carbocycles. The van der Waals surface area contributed by atoms with E-state index in [1.165, 1.54) is 22.8 Å². The van der Waals surface area contributed by atoms with Crippen molar-refractivity contribution in [3.63, 3.8) is 0 Å². The fourth-order valence-electron chi connectivity index (χ4n) is 3.09. The third-order valence-corrected chi connectivity index (χ3v) is 4.49. The van der Waals surface area contributed by atoms with E-state index in [4.69, 9.17) is 4.74 Å². The fraction of sp³-hybridized carbons (Fsp3) is 0.316. The number of carbonyl (C=O) groups is 2. The van der Waals surface area contributed by atoms with Gasteiger partial charge in [0.15, 0.2) is 0 Å². The minimum atomic E-state index is -0.828. The van der Waals surface area contributed by atoms with Crippen LogP contribution in [0.3, 0.4) is 0 Å². The van der Waals surface area contributed by atoms with E-state index in [1.54, 1.807) is 37.4 Å². The zero-order valence-corrected chi connectivity index (χ0v) is 16.0. The summed E-state index contributed by atoms with van der Waals surface area (Å²) in [5, 5.41) is 2.98. The molecule has 1 saturated heterocycles. The zero-order valence-electron chi connectivity index (χ0n) is 15.2. The Morgan fingerprint density at radius 2 is 1.86 bits per heavy atom. The summed E-state index contributed by atoms with van der Waals surface area (Å²) in [7, 11) is 0. The lowest BCUT2D eigenvalue weighted by molar-refractivity contribution is -0.150. The van der Waals surface area contributed by atoms with Crippen molar-refractivity contribution in [2.45, 2.75) is 6.92 Å². The van der Waals surface area contributed by atoms with Gasteiger partial charge in [0.05, 0.1) is 24.1 Å². The number of ether oxygens (including phenoxy) is 1. The minimum Gasteiger partial charge on any atom is -0.466 e. The van der Waals surface area contributed by atoms with Gasteiger partial charge in [-0.1, -0.05) is 10.5 Å². The summed E-state index contributed by atoms with van der Waals surface area (Å²) < 4.78 is 21.0. The Bertz CT molecular complexity index is 887. The van der Waals surface area contributed by atoms with E-state index in [1.807, 2.05) is 0 Å². The molecule has 1 amide bonds. The monoisotopic (exact) mass is 409 g/mol. The number of amides is 1. The zero-order chi connectivity index (χ0) is 19.4. The molecular formula is C19H21ClFN3O4. The molecule has 0 spiro atoms. The van der Waals surface area contributed by atoms with Gasteiger partial charge in [0.1, 0.15) is 0 Å². The molecule has 1 aromatic heterocycles. The van der Waals surface area contributed by atoms with Crippen LogP contribution in [0.4, 0.5) is 10.2 Å². The van der Waals surface area contributed by atoms with Crippen molar-refractivity contribution >= 4 is 30.0 Å². The molecule has 3 rings (SSSR count). The molecule has 0 saturated carbocycles. The van der Waals surface area contributed by atoms with Crippen molar-refractivity contribution < 1.29 is 18.8 Å². The Labute approximate surface area is 167 Å². The predicted octanol–water partition coefficient (Wildman–Crippen LogP) is 1.88. The van der Waals surface area contributed by atoms with Crippen molar-refractivity contribution in [3.05, 3.63) is 59.0 Å². The number of rotatable bonds is 5. The van der Waals surface area contributed by atoms with E-state index in [2.05, 4.69) is 5.32 Å². The smallest absolute Gasteiger partial charge is 0.311 e. The molecule has 0 bridgehead atoms. The van der Waals surface area contributed by atoms with Crippen molar-refractivity contribution in [2.75, 3.05) is 24.8 Å². The molecule has 1 aromatic carbocycles. The van der Waals surface area contributed by atoms with E-state index in [0.717, 1.165) is 0 Å². The second kappa shape index (κ2) is 9.48. The standard InChI is InChI=1S/C19H20FN3O4.ClH/c1-2-27-19(26)16-12-21-11-15(16)18(25)23(20)14-8-6-13(7-9-14)22-10-4-3-5-17(22)24;/h3-10,15-16,21H,2,11-12H2,1H3;1H/t15-,16-;/m0./s1. The molecule has 1 N–H and O–H groups in total. The van der Waals surface area contributed by atoms with E-state index in [9.17, 15) is 18.9 Å². The van der Waals surface area contributed by atoms with Crippen LogP contribution < -0.4 is 16.0 Å². The average molecular weight is 410 g/mol.